The summed E-state index contributed by atoms with van der Waals surface area (Å²) in [7, 11) is 0. The number of phenols is 2. The predicted octanol–water partition coefficient (Wildman–Crippen LogP) is 1.70. The fourth-order valence-electron chi connectivity index (χ4n) is 2.54. The molecule has 1 heterocycles. The predicted molar refractivity (Wildman–Crippen MR) is 77.0 cm³/mol. The van der Waals surface area contributed by atoms with E-state index in [0.29, 0.717) is 24.7 Å². The Bertz CT molecular complexity index is 470. The second-order valence-electron chi connectivity index (χ2n) is 5.19. The lowest BCUT2D eigenvalue weighted by molar-refractivity contribution is 0.0741. The number of phenolic OH excluding ortho intramolecular Hbond substituents is 2. The van der Waals surface area contributed by atoms with E-state index in [0.717, 1.165) is 13.0 Å². The molecule has 1 fully saturated rings. The molecule has 0 saturated carbocycles. The average Bonchev–Trinajstić information content (AvgIpc) is 2.48. The molecule has 5 heteroatoms. The van der Waals surface area contributed by atoms with Gasteiger partial charge in [0.25, 0.3) is 5.91 Å². The Morgan fingerprint density at radius 3 is 2.75 bits per heavy atom. The van der Waals surface area contributed by atoms with Crippen LogP contribution < -0.4 is 5.32 Å². The first-order chi connectivity index (χ1) is 9.61. The van der Waals surface area contributed by atoms with Gasteiger partial charge in [0, 0.05) is 24.7 Å². The molecule has 3 N–H and O–H groups in total. The van der Waals surface area contributed by atoms with Gasteiger partial charge >= 0.3 is 0 Å². The van der Waals surface area contributed by atoms with E-state index in [1.165, 1.54) is 31.0 Å². The molecule has 1 aliphatic rings. The number of carbonyl (C=O) groups is 1. The minimum atomic E-state index is -0.261. The third kappa shape index (κ3) is 3.42. The van der Waals surface area contributed by atoms with Crippen LogP contribution in [-0.2, 0) is 0 Å². The molecule has 1 atom stereocenters. The topological polar surface area (TPSA) is 72.8 Å². The second kappa shape index (κ2) is 6.61. The van der Waals surface area contributed by atoms with Gasteiger partial charge in [0.15, 0.2) is 11.5 Å². The normalized spacial score (nSPS) is 18.8. The smallest absolute Gasteiger partial charge is 0.254 e. The summed E-state index contributed by atoms with van der Waals surface area (Å²) < 4.78 is 0. The Morgan fingerprint density at radius 2 is 2.15 bits per heavy atom. The molecule has 1 amide bonds. The van der Waals surface area contributed by atoms with Crippen LogP contribution >= 0.6 is 0 Å². The van der Waals surface area contributed by atoms with Gasteiger partial charge in [0.2, 0.25) is 0 Å². The molecule has 0 aromatic heterocycles. The molecule has 0 spiro atoms. The molecule has 2 rings (SSSR count). The summed E-state index contributed by atoms with van der Waals surface area (Å²) in [6, 6.07) is 4.54. The first-order valence-electron chi connectivity index (χ1n) is 7.16. The molecule has 1 unspecified atom stereocenters. The lowest BCUT2D eigenvalue weighted by atomic mass is 10.0. The highest BCUT2D eigenvalue weighted by Crippen LogP contribution is 2.25. The molecule has 1 aromatic rings. The van der Waals surface area contributed by atoms with Crippen molar-refractivity contribution in [3.63, 3.8) is 0 Å². The summed E-state index contributed by atoms with van der Waals surface area (Å²) in [6.07, 6.45) is 3.48. The van der Waals surface area contributed by atoms with Crippen molar-refractivity contribution in [2.45, 2.75) is 32.2 Å². The fourth-order valence-corrected chi connectivity index (χ4v) is 2.54. The minimum absolute atomic E-state index is 0.116. The Labute approximate surface area is 119 Å². The highest BCUT2D eigenvalue weighted by molar-refractivity contribution is 5.94. The first kappa shape index (κ1) is 14.7. The van der Waals surface area contributed by atoms with E-state index in [-0.39, 0.29) is 17.4 Å². The van der Waals surface area contributed by atoms with Gasteiger partial charge in [-0.05, 0) is 44.5 Å². The minimum Gasteiger partial charge on any atom is -0.504 e. The Morgan fingerprint density at radius 1 is 1.35 bits per heavy atom. The molecule has 0 bridgehead atoms. The van der Waals surface area contributed by atoms with Crippen LogP contribution in [0.4, 0.5) is 0 Å². The number of nitrogens with zero attached hydrogens (tertiary/aromatic N) is 1. The van der Waals surface area contributed by atoms with Crippen LogP contribution in [0, 0.1) is 0 Å². The van der Waals surface area contributed by atoms with Crippen molar-refractivity contribution < 1.29 is 15.0 Å². The van der Waals surface area contributed by atoms with E-state index in [9.17, 15) is 15.0 Å². The quantitative estimate of drug-likeness (QED) is 0.733. The van der Waals surface area contributed by atoms with Crippen LogP contribution in [0.1, 0.15) is 36.5 Å². The number of piperidine rings is 1. The van der Waals surface area contributed by atoms with E-state index in [2.05, 4.69) is 5.32 Å². The molecule has 0 radical (unpaired) electrons. The van der Waals surface area contributed by atoms with Gasteiger partial charge in [0.05, 0.1) is 0 Å². The molecule has 0 aliphatic carbocycles. The van der Waals surface area contributed by atoms with Crippen molar-refractivity contribution in [3.05, 3.63) is 23.8 Å². The van der Waals surface area contributed by atoms with Crippen LogP contribution in [0.3, 0.4) is 0 Å². The van der Waals surface area contributed by atoms with Gasteiger partial charge in [-0.3, -0.25) is 4.79 Å². The Hall–Kier alpha value is -1.75. The van der Waals surface area contributed by atoms with Gasteiger partial charge in [-0.2, -0.15) is 0 Å². The maximum Gasteiger partial charge on any atom is 0.254 e. The van der Waals surface area contributed by atoms with Crippen molar-refractivity contribution >= 4 is 5.91 Å². The second-order valence-corrected chi connectivity index (χ2v) is 5.19. The zero-order valence-electron chi connectivity index (χ0n) is 11.8. The van der Waals surface area contributed by atoms with Crippen molar-refractivity contribution in [2.24, 2.45) is 0 Å². The van der Waals surface area contributed by atoms with Crippen LogP contribution in [0.15, 0.2) is 18.2 Å². The summed E-state index contributed by atoms with van der Waals surface area (Å²) in [5.74, 6) is -0.587. The first-order valence-corrected chi connectivity index (χ1v) is 7.16. The van der Waals surface area contributed by atoms with Gasteiger partial charge in [-0.15, -0.1) is 0 Å². The highest BCUT2D eigenvalue weighted by atomic mass is 16.3. The SMILES string of the molecule is CCN(CC1CCCCN1)C(=O)c1ccc(O)c(O)c1. The van der Waals surface area contributed by atoms with Gasteiger partial charge in [0.1, 0.15) is 0 Å². The van der Waals surface area contributed by atoms with Crippen molar-refractivity contribution in [2.75, 3.05) is 19.6 Å². The van der Waals surface area contributed by atoms with Crippen molar-refractivity contribution in [1.82, 2.24) is 10.2 Å². The molecular weight excluding hydrogens is 256 g/mol. The monoisotopic (exact) mass is 278 g/mol. The Balaban J connectivity index is 2.05. The number of likely N-dealkylation sites (N-methyl/N-ethyl adjacent to an activating group) is 1. The highest BCUT2D eigenvalue weighted by Gasteiger charge is 2.21. The largest absolute Gasteiger partial charge is 0.504 e. The van der Waals surface area contributed by atoms with Crippen LogP contribution in [0.2, 0.25) is 0 Å². The maximum atomic E-state index is 12.4. The average molecular weight is 278 g/mol. The molecule has 5 nitrogen and oxygen atoms in total. The summed E-state index contributed by atoms with van der Waals surface area (Å²) in [6.45, 7) is 4.26. The number of rotatable bonds is 4. The summed E-state index contributed by atoms with van der Waals surface area (Å²) in [4.78, 5) is 14.2. The van der Waals surface area contributed by atoms with Crippen LogP contribution in [0.25, 0.3) is 0 Å². The fraction of sp³-hybridized carbons (Fsp3) is 0.533. The number of nitrogens with one attached hydrogen (secondary N) is 1. The molecule has 1 aliphatic heterocycles. The summed E-state index contributed by atoms with van der Waals surface area (Å²) in [5.41, 5.74) is 0.401. The van der Waals surface area contributed by atoms with Gasteiger partial charge < -0.3 is 20.4 Å². The third-order valence-electron chi connectivity index (χ3n) is 3.74. The molecule has 1 aromatic carbocycles. The van der Waals surface area contributed by atoms with E-state index < -0.39 is 0 Å². The molecule has 1 saturated heterocycles. The number of hydrogen-bond donors (Lipinski definition) is 3. The summed E-state index contributed by atoms with van der Waals surface area (Å²) in [5, 5.41) is 22.2. The number of amides is 1. The molecule has 110 valence electrons. The number of aromatic hydroxyl groups is 2. The number of benzene rings is 1. The Kier molecular flexibility index (Phi) is 4.84. The maximum absolute atomic E-state index is 12.4. The lowest BCUT2D eigenvalue weighted by Gasteiger charge is -2.30. The van der Waals surface area contributed by atoms with E-state index in [4.69, 9.17) is 0 Å². The number of carbonyl (C=O) groups excluding carboxylic acids is 1. The number of hydrogen-bond acceptors (Lipinski definition) is 4. The van der Waals surface area contributed by atoms with E-state index >= 15 is 0 Å². The zero-order valence-corrected chi connectivity index (χ0v) is 11.8. The van der Waals surface area contributed by atoms with Crippen molar-refractivity contribution in [1.29, 1.82) is 0 Å². The summed E-state index contributed by atoms with van der Waals surface area (Å²) >= 11 is 0. The van der Waals surface area contributed by atoms with Crippen LogP contribution in [0.5, 0.6) is 11.5 Å². The van der Waals surface area contributed by atoms with Crippen molar-refractivity contribution in [3.8, 4) is 11.5 Å². The van der Waals surface area contributed by atoms with E-state index in [1.807, 2.05) is 6.92 Å². The van der Waals surface area contributed by atoms with Gasteiger partial charge in [-0.1, -0.05) is 6.42 Å². The lowest BCUT2D eigenvalue weighted by Crippen LogP contribution is -2.45. The van der Waals surface area contributed by atoms with Gasteiger partial charge in [-0.25, -0.2) is 0 Å². The van der Waals surface area contributed by atoms with Crippen LogP contribution in [-0.4, -0.2) is 46.7 Å². The van der Waals surface area contributed by atoms with E-state index in [1.54, 1.807) is 4.90 Å². The molecule has 20 heavy (non-hydrogen) atoms. The third-order valence-corrected chi connectivity index (χ3v) is 3.74. The zero-order chi connectivity index (χ0) is 14.5. The molecular formula is C15H22N2O3. The standard InChI is InChI=1S/C15H22N2O3/c1-2-17(10-12-5-3-4-8-16-12)15(20)11-6-7-13(18)14(19)9-11/h6-7,9,12,16,18-19H,2-5,8,10H2,1H3.